The van der Waals surface area contributed by atoms with Crippen molar-refractivity contribution in [3.05, 3.63) is 36.0 Å². The molecule has 1 N–H and O–H groups in total. The summed E-state index contributed by atoms with van der Waals surface area (Å²) in [6.07, 6.45) is 11.9. The molecular formula is C23H36N2. The van der Waals surface area contributed by atoms with Gasteiger partial charge in [-0.25, -0.2) is 0 Å². The van der Waals surface area contributed by atoms with Gasteiger partial charge in [-0.15, -0.1) is 0 Å². The maximum absolute atomic E-state index is 4.88. The summed E-state index contributed by atoms with van der Waals surface area (Å²) in [6.45, 7) is 8.90. The second-order valence-corrected chi connectivity index (χ2v) is 8.28. The number of aryl methyl sites for hydroxylation is 1. The SMILES string of the molecule is CCCCCCCCCCc1cc(NC(C)(C)C)c2ccccc2n1. The minimum atomic E-state index is 0.0554. The van der Waals surface area contributed by atoms with E-state index in [4.69, 9.17) is 4.98 Å². The quantitative estimate of drug-likeness (QED) is 0.465. The number of hydrogen-bond acceptors (Lipinski definition) is 2. The molecule has 0 amide bonds. The number of fused-ring (bicyclic) bond motifs is 1. The number of unbranched alkanes of at least 4 members (excludes halogenated alkanes) is 7. The monoisotopic (exact) mass is 340 g/mol. The van der Waals surface area contributed by atoms with Crippen LogP contribution in [0.25, 0.3) is 10.9 Å². The summed E-state index contributed by atoms with van der Waals surface area (Å²) in [4.78, 5) is 4.88. The molecule has 2 nitrogen and oxygen atoms in total. The number of pyridine rings is 1. The van der Waals surface area contributed by atoms with E-state index in [1.54, 1.807) is 0 Å². The van der Waals surface area contributed by atoms with Gasteiger partial charge in [-0.1, -0.05) is 70.1 Å². The molecule has 0 bridgehead atoms. The summed E-state index contributed by atoms with van der Waals surface area (Å²) in [6, 6.07) is 10.7. The van der Waals surface area contributed by atoms with Gasteiger partial charge in [0.25, 0.3) is 0 Å². The van der Waals surface area contributed by atoms with Crippen molar-refractivity contribution in [2.45, 2.75) is 91.0 Å². The Kier molecular flexibility index (Phi) is 7.74. The summed E-state index contributed by atoms with van der Waals surface area (Å²) in [5.41, 5.74) is 3.59. The zero-order valence-electron chi connectivity index (χ0n) is 16.7. The van der Waals surface area contributed by atoms with Gasteiger partial charge in [0.05, 0.1) is 5.52 Å². The van der Waals surface area contributed by atoms with Crippen molar-refractivity contribution in [3.8, 4) is 0 Å². The second-order valence-electron chi connectivity index (χ2n) is 8.28. The highest BCUT2D eigenvalue weighted by atomic mass is 15.0. The smallest absolute Gasteiger partial charge is 0.0726 e. The highest BCUT2D eigenvalue weighted by Gasteiger charge is 2.13. The minimum Gasteiger partial charge on any atom is -0.380 e. The van der Waals surface area contributed by atoms with Crippen molar-refractivity contribution in [1.82, 2.24) is 4.98 Å². The Morgan fingerprint density at radius 3 is 2.20 bits per heavy atom. The van der Waals surface area contributed by atoms with E-state index in [0.29, 0.717) is 0 Å². The van der Waals surface area contributed by atoms with Gasteiger partial charge in [0.2, 0.25) is 0 Å². The van der Waals surface area contributed by atoms with Crippen molar-refractivity contribution >= 4 is 16.6 Å². The van der Waals surface area contributed by atoms with Crippen LogP contribution in [0.15, 0.2) is 30.3 Å². The number of aromatic nitrogens is 1. The second kappa shape index (κ2) is 9.79. The lowest BCUT2D eigenvalue weighted by Gasteiger charge is -2.23. The van der Waals surface area contributed by atoms with Crippen molar-refractivity contribution in [2.24, 2.45) is 0 Å². The Bertz CT molecular complexity index is 640. The van der Waals surface area contributed by atoms with Crippen LogP contribution in [0.3, 0.4) is 0 Å². The molecule has 138 valence electrons. The molecule has 25 heavy (non-hydrogen) atoms. The van der Waals surface area contributed by atoms with E-state index in [0.717, 1.165) is 11.9 Å². The molecule has 2 heteroatoms. The molecule has 0 unspecified atom stereocenters. The average Bonchev–Trinajstić information content (AvgIpc) is 2.56. The Balaban J connectivity index is 1.92. The number of nitrogens with zero attached hydrogens (tertiary/aromatic N) is 1. The van der Waals surface area contributed by atoms with Gasteiger partial charge in [0, 0.05) is 22.3 Å². The van der Waals surface area contributed by atoms with E-state index in [-0.39, 0.29) is 5.54 Å². The molecule has 0 spiro atoms. The van der Waals surface area contributed by atoms with Crippen LogP contribution in [0.5, 0.6) is 0 Å². The van der Waals surface area contributed by atoms with Crippen molar-refractivity contribution in [3.63, 3.8) is 0 Å². The summed E-state index contributed by atoms with van der Waals surface area (Å²) in [5.74, 6) is 0. The van der Waals surface area contributed by atoms with Crippen molar-refractivity contribution < 1.29 is 0 Å². The average molecular weight is 341 g/mol. The molecule has 0 saturated heterocycles. The Morgan fingerprint density at radius 2 is 1.52 bits per heavy atom. The fourth-order valence-corrected chi connectivity index (χ4v) is 3.31. The third-order valence-electron chi connectivity index (χ3n) is 4.57. The third-order valence-corrected chi connectivity index (χ3v) is 4.57. The van der Waals surface area contributed by atoms with Gasteiger partial charge in [-0.3, -0.25) is 4.98 Å². The van der Waals surface area contributed by atoms with Crippen LogP contribution in [0, 0.1) is 0 Å². The van der Waals surface area contributed by atoms with Crippen molar-refractivity contribution in [2.75, 3.05) is 5.32 Å². The van der Waals surface area contributed by atoms with E-state index in [1.165, 1.54) is 68.1 Å². The predicted octanol–water partition coefficient (Wildman–Crippen LogP) is 7.13. The first-order valence-corrected chi connectivity index (χ1v) is 10.2. The van der Waals surface area contributed by atoms with Crippen LogP contribution >= 0.6 is 0 Å². The molecule has 0 atom stereocenters. The molecule has 0 radical (unpaired) electrons. The number of benzene rings is 1. The fraction of sp³-hybridized carbons (Fsp3) is 0.609. The standard InChI is InChI=1S/C23H36N2/c1-5-6-7-8-9-10-11-12-15-19-18-22(25-23(2,3)4)20-16-13-14-17-21(20)24-19/h13-14,16-18H,5-12,15H2,1-4H3,(H,24,25). The first kappa shape index (κ1) is 19.8. The van der Waals surface area contributed by atoms with Crippen LogP contribution in [-0.4, -0.2) is 10.5 Å². The number of para-hydroxylation sites is 1. The molecule has 0 fully saturated rings. The highest BCUT2D eigenvalue weighted by molar-refractivity contribution is 5.91. The molecule has 0 saturated carbocycles. The van der Waals surface area contributed by atoms with Gasteiger partial charge in [0.15, 0.2) is 0 Å². The minimum absolute atomic E-state index is 0.0554. The van der Waals surface area contributed by atoms with Gasteiger partial charge in [0.1, 0.15) is 0 Å². The normalized spacial score (nSPS) is 11.8. The zero-order valence-corrected chi connectivity index (χ0v) is 16.7. The lowest BCUT2D eigenvalue weighted by atomic mass is 10.0. The lowest BCUT2D eigenvalue weighted by molar-refractivity contribution is 0.574. The topological polar surface area (TPSA) is 24.9 Å². The maximum atomic E-state index is 4.88. The van der Waals surface area contributed by atoms with Crippen LogP contribution in [-0.2, 0) is 6.42 Å². The zero-order chi connectivity index (χ0) is 18.1. The van der Waals surface area contributed by atoms with Crippen LogP contribution in [0.4, 0.5) is 5.69 Å². The molecular weight excluding hydrogens is 304 g/mol. The molecule has 1 heterocycles. The largest absolute Gasteiger partial charge is 0.380 e. The first-order valence-electron chi connectivity index (χ1n) is 10.2. The summed E-state index contributed by atoms with van der Waals surface area (Å²) < 4.78 is 0. The first-order chi connectivity index (χ1) is 12.0. The fourth-order valence-electron chi connectivity index (χ4n) is 3.31. The number of hydrogen-bond donors (Lipinski definition) is 1. The lowest BCUT2D eigenvalue weighted by Crippen LogP contribution is -2.26. The van der Waals surface area contributed by atoms with Crippen molar-refractivity contribution in [1.29, 1.82) is 0 Å². The van der Waals surface area contributed by atoms with Gasteiger partial charge in [-0.05, 0) is 45.7 Å². The van der Waals surface area contributed by atoms with Crippen LogP contribution in [0.2, 0.25) is 0 Å². The molecule has 2 rings (SSSR count). The summed E-state index contributed by atoms with van der Waals surface area (Å²) in [5, 5.41) is 4.87. The van der Waals surface area contributed by atoms with Crippen LogP contribution in [0.1, 0.15) is 84.8 Å². The van der Waals surface area contributed by atoms with Gasteiger partial charge >= 0.3 is 0 Å². The Hall–Kier alpha value is -1.57. The van der Waals surface area contributed by atoms with E-state index in [2.05, 4.69) is 63.3 Å². The summed E-state index contributed by atoms with van der Waals surface area (Å²) in [7, 11) is 0. The van der Waals surface area contributed by atoms with Gasteiger partial charge in [-0.2, -0.15) is 0 Å². The summed E-state index contributed by atoms with van der Waals surface area (Å²) >= 11 is 0. The molecule has 1 aromatic carbocycles. The number of nitrogens with one attached hydrogen (secondary N) is 1. The third kappa shape index (κ3) is 7.05. The number of rotatable bonds is 10. The maximum Gasteiger partial charge on any atom is 0.0726 e. The molecule has 0 aliphatic carbocycles. The van der Waals surface area contributed by atoms with E-state index < -0.39 is 0 Å². The molecule has 1 aromatic heterocycles. The molecule has 2 aromatic rings. The molecule has 0 aliphatic rings. The Morgan fingerprint density at radius 1 is 0.880 bits per heavy atom. The number of anilines is 1. The highest BCUT2D eigenvalue weighted by Crippen LogP contribution is 2.26. The van der Waals surface area contributed by atoms with Crippen LogP contribution < -0.4 is 5.32 Å². The van der Waals surface area contributed by atoms with E-state index >= 15 is 0 Å². The predicted molar refractivity (Wildman–Crippen MR) is 111 cm³/mol. The molecule has 0 aliphatic heterocycles. The van der Waals surface area contributed by atoms with E-state index in [1.807, 2.05) is 0 Å². The van der Waals surface area contributed by atoms with Gasteiger partial charge < -0.3 is 5.32 Å². The Labute approximate surface area is 154 Å². The van der Waals surface area contributed by atoms with E-state index in [9.17, 15) is 0 Å².